The van der Waals surface area contributed by atoms with Crippen LogP contribution in [0.5, 0.6) is 11.8 Å². The monoisotopic (exact) mass is 756 g/mol. The van der Waals surface area contributed by atoms with Crippen LogP contribution in [0.15, 0.2) is 30.5 Å². The fourth-order valence-electron chi connectivity index (χ4n) is 9.16. The second kappa shape index (κ2) is 14.3. The van der Waals surface area contributed by atoms with Gasteiger partial charge in [0.15, 0.2) is 12.6 Å². The first-order valence-corrected chi connectivity index (χ1v) is 18.9. The van der Waals surface area contributed by atoms with Crippen LogP contribution in [0.3, 0.4) is 0 Å². The van der Waals surface area contributed by atoms with E-state index in [9.17, 15) is 9.90 Å². The number of amides is 1. The summed E-state index contributed by atoms with van der Waals surface area (Å²) in [6.07, 6.45) is 12.2. The fraction of sp³-hybridized carbons (Fsp3) is 0.512. The van der Waals surface area contributed by atoms with Crippen LogP contribution in [0, 0.1) is 24.0 Å². The first kappa shape index (κ1) is 37.1. The van der Waals surface area contributed by atoms with Crippen molar-refractivity contribution in [3.8, 4) is 35.4 Å². The molecule has 0 aliphatic carbocycles. The van der Waals surface area contributed by atoms with Crippen LogP contribution in [0.25, 0.3) is 32.9 Å². The van der Waals surface area contributed by atoms with Crippen molar-refractivity contribution in [3.05, 3.63) is 47.7 Å². The number of benzene rings is 2. The number of fused-ring (bicyclic) bond motifs is 5. The Balaban J connectivity index is 1.24. The Bertz CT molecular complexity index is 2180. The molecule has 0 saturated carbocycles. The van der Waals surface area contributed by atoms with Crippen LogP contribution in [-0.4, -0.2) is 112 Å². The van der Waals surface area contributed by atoms with Gasteiger partial charge in [0.2, 0.25) is 0 Å². The Morgan fingerprint density at radius 2 is 1.87 bits per heavy atom. The van der Waals surface area contributed by atoms with Crippen LogP contribution in [-0.2, 0) is 9.47 Å². The molecule has 8 rings (SSSR count). The highest BCUT2D eigenvalue weighted by atomic mass is 19.1. The number of piperazine rings is 1. The van der Waals surface area contributed by atoms with Crippen LogP contribution >= 0.6 is 0 Å². The molecule has 2 aromatic heterocycles. The number of halogens is 2. The maximum atomic E-state index is 17.3. The molecule has 4 atom stereocenters. The zero-order chi connectivity index (χ0) is 38.6. The minimum atomic E-state index is -0.763. The lowest BCUT2D eigenvalue weighted by molar-refractivity contribution is 0.0122. The number of aliphatic hydroxyl groups excluding tert-OH is 1. The highest BCUT2D eigenvalue weighted by molar-refractivity contribution is 6.03. The number of hydrogen-bond acceptors (Lipinski definition) is 11. The number of aliphatic hydroxyl groups is 1. The molecule has 14 heteroatoms. The van der Waals surface area contributed by atoms with Gasteiger partial charge in [0.25, 0.3) is 0 Å². The van der Waals surface area contributed by atoms with Crippen LogP contribution in [0.1, 0.15) is 64.9 Å². The van der Waals surface area contributed by atoms with E-state index in [1.165, 1.54) is 19.4 Å². The Kier molecular flexibility index (Phi) is 9.68. The maximum absolute atomic E-state index is 17.3. The molecule has 4 aliphatic heterocycles. The summed E-state index contributed by atoms with van der Waals surface area (Å²) >= 11 is 0. The quantitative estimate of drug-likeness (QED) is 0.159. The highest BCUT2D eigenvalue weighted by Gasteiger charge is 2.50. The van der Waals surface area contributed by atoms with Crippen molar-refractivity contribution in [1.29, 1.82) is 0 Å². The summed E-state index contributed by atoms with van der Waals surface area (Å²) < 4.78 is 55.6. The van der Waals surface area contributed by atoms with Gasteiger partial charge in [-0.25, -0.2) is 13.6 Å². The number of nitrogens with zero attached hydrogens (tertiary/aromatic N) is 6. The molecule has 2 bridgehead atoms. The molecule has 1 N–H and O–H groups in total. The number of carbonyl (C=O) groups excluding carboxylic acids is 1. The van der Waals surface area contributed by atoms with E-state index in [-0.39, 0.29) is 78.1 Å². The number of carbonyl (C=O) groups is 1. The molecule has 55 heavy (non-hydrogen) atoms. The van der Waals surface area contributed by atoms with Gasteiger partial charge in [-0.2, -0.15) is 9.97 Å². The van der Waals surface area contributed by atoms with Crippen molar-refractivity contribution in [2.75, 3.05) is 51.7 Å². The molecule has 2 aromatic carbocycles. The van der Waals surface area contributed by atoms with Gasteiger partial charge in [-0.3, -0.25) is 14.8 Å². The lowest BCUT2D eigenvalue weighted by atomic mass is 9.95. The van der Waals surface area contributed by atoms with E-state index in [0.29, 0.717) is 40.8 Å². The molecule has 4 saturated heterocycles. The van der Waals surface area contributed by atoms with Gasteiger partial charge in [-0.1, -0.05) is 12.0 Å². The van der Waals surface area contributed by atoms with E-state index in [0.717, 1.165) is 45.1 Å². The van der Waals surface area contributed by atoms with E-state index in [2.05, 4.69) is 25.7 Å². The molecular formula is C41H46F2N6O6. The minimum absolute atomic E-state index is 0.00605. The summed E-state index contributed by atoms with van der Waals surface area (Å²) in [4.78, 5) is 33.7. The van der Waals surface area contributed by atoms with E-state index in [1.54, 1.807) is 18.2 Å². The van der Waals surface area contributed by atoms with Crippen molar-refractivity contribution in [2.24, 2.45) is 0 Å². The number of methoxy groups -OCH3 is 1. The van der Waals surface area contributed by atoms with E-state index >= 15 is 8.78 Å². The Hall–Kier alpha value is -4.84. The number of hydrogen-bond donors (Lipinski definition) is 1. The summed E-state index contributed by atoms with van der Waals surface area (Å²) in [5, 5.41) is 11.3. The van der Waals surface area contributed by atoms with Gasteiger partial charge in [-0.15, -0.1) is 6.42 Å². The maximum Gasteiger partial charge on any atom is 0.410 e. The fourth-order valence-corrected chi connectivity index (χ4v) is 9.16. The topological polar surface area (TPSA) is 123 Å². The van der Waals surface area contributed by atoms with Crippen LogP contribution < -0.4 is 14.4 Å². The third kappa shape index (κ3) is 6.66. The van der Waals surface area contributed by atoms with Crippen molar-refractivity contribution >= 4 is 33.6 Å². The molecule has 12 nitrogen and oxygen atoms in total. The van der Waals surface area contributed by atoms with E-state index in [1.807, 2.05) is 25.7 Å². The Morgan fingerprint density at radius 1 is 1.09 bits per heavy atom. The average Bonchev–Trinajstić information content (AvgIpc) is 3.81. The molecule has 4 aliphatic rings. The second-order valence-electron chi connectivity index (χ2n) is 16.1. The summed E-state index contributed by atoms with van der Waals surface area (Å²) in [5.41, 5.74) is -0.845. The van der Waals surface area contributed by atoms with Crippen molar-refractivity contribution < 1.29 is 37.6 Å². The largest absolute Gasteiger partial charge is 0.468 e. The Morgan fingerprint density at radius 3 is 2.58 bits per heavy atom. The molecule has 0 radical (unpaired) electrons. The van der Waals surface area contributed by atoms with Gasteiger partial charge in [0.05, 0.1) is 35.2 Å². The first-order valence-electron chi connectivity index (χ1n) is 18.9. The number of terminal acetylenes is 1. The summed E-state index contributed by atoms with van der Waals surface area (Å²) in [7, 11) is 1.49. The first-order chi connectivity index (χ1) is 26.4. The standard InChI is InChI=1S/C41H46F2N6O6/c1-6-29-32(42)11-8-24-16-28(54-23-52-5)17-30(33(24)29)35-34(43)36-31(18-44-35)37(47-19-25-9-10-26(20-47)49(25)39(51)55-40(2,3)4)46-38(45-36)53-22-41-13-7-15-48(41)27(21-50)12-14-41/h1,8,11,16-18,25-27,50H,7,9-10,12-15,19-23H2,2-5H3/t25?,26?,27-,41-/m0/s1. The number of rotatable bonds is 9. The smallest absolute Gasteiger partial charge is 0.410 e. The Labute approximate surface area is 318 Å². The normalized spacial score (nSPS) is 23.7. The van der Waals surface area contributed by atoms with Crippen molar-refractivity contribution in [3.63, 3.8) is 0 Å². The van der Waals surface area contributed by atoms with Gasteiger partial charge in [0, 0.05) is 43.4 Å². The predicted molar refractivity (Wildman–Crippen MR) is 202 cm³/mol. The SMILES string of the molecule is C#Cc1c(F)ccc2cc(OCOC)cc(-c3ncc4c(N5CC6CCC(C5)N6C(=O)OC(C)(C)C)nc(OC[C@@]56CCCN5[C@H](CO)CC6)nc4c3F)c12. The van der Waals surface area contributed by atoms with Crippen LogP contribution in [0.2, 0.25) is 0 Å². The summed E-state index contributed by atoms with van der Waals surface area (Å²) in [5.74, 6) is 1.84. The number of pyridine rings is 1. The lowest BCUT2D eigenvalue weighted by Crippen LogP contribution is -2.57. The van der Waals surface area contributed by atoms with Gasteiger partial charge in [0.1, 0.15) is 40.8 Å². The lowest BCUT2D eigenvalue weighted by Gasteiger charge is -2.42. The molecule has 290 valence electrons. The van der Waals surface area contributed by atoms with E-state index < -0.39 is 17.2 Å². The molecule has 4 aromatic rings. The van der Waals surface area contributed by atoms with Gasteiger partial charge < -0.3 is 29.0 Å². The minimum Gasteiger partial charge on any atom is -0.468 e. The third-order valence-electron chi connectivity index (χ3n) is 11.5. The third-order valence-corrected chi connectivity index (χ3v) is 11.5. The summed E-state index contributed by atoms with van der Waals surface area (Å²) in [6, 6.07) is 5.87. The number of aromatic nitrogens is 3. The number of anilines is 1. The van der Waals surface area contributed by atoms with Gasteiger partial charge in [-0.05, 0) is 89.4 Å². The van der Waals surface area contributed by atoms with Gasteiger partial charge >= 0.3 is 12.1 Å². The average molecular weight is 757 g/mol. The van der Waals surface area contributed by atoms with Crippen molar-refractivity contribution in [2.45, 2.75) is 88.6 Å². The predicted octanol–water partition coefficient (Wildman–Crippen LogP) is 6.04. The molecule has 6 heterocycles. The molecule has 4 fully saturated rings. The molecule has 1 amide bonds. The second-order valence-corrected chi connectivity index (χ2v) is 16.1. The van der Waals surface area contributed by atoms with Crippen molar-refractivity contribution in [1.82, 2.24) is 24.8 Å². The summed E-state index contributed by atoms with van der Waals surface area (Å²) in [6.45, 7) is 7.58. The molecular weight excluding hydrogens is 710 g/mol. The number of ether oxygens (including phenoxy) is 4. The highest BCUT2D eigenvalue weighted by Crippen LogP contribution is 2.44. The van der Waals surface area contributed by atoms with Crippen LogP contribution in [0.4, 0.5) is 19.4 Å². The van der Waals surface area contributed by atoms with E-state index in [4.69, 9.17) is 30.4 Å². The zero-order valence-electron chi connectivity index (χ0n) is 31.6. The molecule has 0 spiro atoms. The zero-order valence-corrected chi connectivity index (χ0v) is 31.6. The molecule has 2 unspecified atom stereocenters.